The van der Waals surface area contributed by atoms with Gasteiger partial charge >= 0.3 is 0 Å². The number of nitrogens with one attached hydrogen (secondary N) is 1. The van der Waals surface area contributed by atoms with E-state index in [9.17, 15) is 15.0 Å². The van der Waals surface area contributed by atoms with Crippen LogP contribution in [0.2, 0.25) is 0 Å². The molecule has 1 amide bonds. The SMILES string of the molecule is CCCCCCCCCCCCCCCCCCCCCCCCCCCCCCCCCCCC(O)C(CO)NC(=O)CCCCC. The zero-order chi connectivity index (χ0) is 35.0. The lowest BCUT2D eigenvalue weighted by molar-refractivity contribution is -0.123. The molecule has 0 saturated carbocycles. The molecule has 0 aliphatic carbocycles. The minimum atomic E-state index is -0.649. The van der Waals surface area contributed by atoms with Crippen LogP contribution in [0.5, 0.6) is 0 Å². The molecule has 2 unspecified atom stereocenters. The van der Waals surface area contributed by atoms with Gasteiger partial charge in [0.05, 0.1) is 18.8 Å². The van der Waals surface area contributed by atoms with Crippen LogP contribution in [0.25, 0.3) is 0 Å². The molecule has 0 radical (unpaired) electrons. The number of hydrogen-bond donors (Lipinski definition) is 3. The third-order valence-electron chi connectivity index (χ3n) is 10.6. The second kappa shape index (κ2) is 40.8. The van der Waals surface area contributed by atoms with Gasteiger partial charge < -0.3 is 15.5 Å². The van der Waals surface area contributed by atoms with Gasteiger partial charge in [-0.15, -0.1) is 0 Å². The van der Waals surface area contributed by atoms with Crippen molar-refractivity contribution < 1.29 is 15.0 Å². The number of aliphatic hydroxyl groups excluding tert-OH is 2. The van der Waals surface area contributed by atoms with Crippen LogP contribution in [-0.2, 0) is 4.79 Å². The number of amides is 1. The van der Waals surface area contributed by atoms with Crippen molar-refractivity contribution in [2.24, 2.45) is 0 Å². The summed E-state index contributed by atoms with van der Waals surface area (Å²) in [5, 5.41) is 22.7. The molecule has 2 atom stereocenters. The Morgan fingerprint density at radius 1 is 0.417 bits per heavy atom. The van der Waals surface area contributed by atoms with Gasteiger partial charge in [-0.05, 0) is 12.8 Å². The number of unbranched alkanes of at least 4 members (excludes halogenated alkanes) is 34. The third-order valence-corrected chi connectivity index (χ3v) is 10.6. The monoisotopic (exact) mass is 680 g/mol. The first-order valence-corrected chi connectivity index (χ1v) is 22.2. The van der Waals surface area contributed by atoms with E-state index in [-0.39, 0.29) is 12.5 Å². The van der Waals surface area contributed by atoms with E-state index >= 15 is 0 Å². The average Bonchev–Trinajstić information content (AvgIpc) is 3.09. The second-order valence-corrected chi connectivity index (χ2v) is 15.5. The molecule has 0 rings (SSSR count). The van der Waals surface area contributed by atoms with Crippen molar-refractivity contribution in [3.63, 3.8) is 0 Å². The Morgan fingerprint density at radius 3 is 0.938 bits per heavy atom. The molecule has 4 nitrogen and oxygen atoms in total. The van der Waals surface area contributed by atoms with Crippen molar-refractivity contribution in [1.29, 1.82) is 0 Å². The van der Waals surface area contributed by atoms with Gasteiger partial charge in [-0.25, -0.2) is 0 Å². The zero-order valence-electron chi connectivity index (χ0n) is 33.0. The van der Waals surface area contributed by atoms with Gasteiger partial charge in [0.25, 0.3) is 0 Å². The fourth-order valence-electron chi connectivity index (χ4n) is 7.19. The number of carbonyl (C=O) groups excluding carboxylic acids is 1. The predicted octanol–water partition coefficient (Wildman–Crippen LogP) is 13.7. The Morgan fingerprint density at radius 2 is 0.667 bits per heavy atom. The molecule has 0 aliphatic rings. The number of carbonyl (C=O) groups is 1. The highest BCUT2D eigenvalue weighted by molar-refractivity contribution is 5.76. The van der Waals surface area contributed by atoms with Crippen molar-refractivity contribution in [2.45, 2.75) is 270 Å². The molecule has 3 N–H and O–H groups in total. The van der Waals surface area contributed by atoms with Crippen LogP contribution in [0.1, 0.15) is 258 Å². The summed E-state index contributed by atoms with van der Waals surface area (Å²) in [7, 11) is 0. The minimum absolute atomic E-state index is 0.0530. The lowest BCUT2D eigenvalue weighted by Gasteiger charge is -2.22. The predicted molar refractivity (Wildman–Crippen MR) is 212 cm³/mol. The molecule has 0 bridgehead atoms. The second-order valence-electron chi connectivity index (χ2n) is 15.5. The molecule has 0 heterocycles. The highest BCUT2D eigenvalue weighted by Gasteiger charge is 2.19. The normalized spacial score (nSPS) is 12.8. The van der Waals surface area contributed by atoms with E-state index in [0.717, 1.165) is 32.1 Å². The van der Waals surface area contributed by atoms with Crippen molar-refractivity contribution in [2.75, 3.05) is 6.61 Å². The van der Waals surface area contributed by atoms with Gasteiger partial charge in [0, 0.05) is 6.42 Å². The van der Waals surface area contributed by atoms with Crippen molar-refractivity contribution in [3.05, 3.63) is 0 Å². The first kappa shape index (κ1) is 47.4. The van der Waals surface area contributed by atoms with E-state index in [1.165, 1.54) is 199 Å². The lowest BCUT2D eigenvalue weighted by atomic mass is 10.0. The number of aliphatic hydroxyl groups is 2. The van der Waals surface area contributed by atoms with E-state index in [2.05, 4.69) is 19.2 Å². The highest BCUT2D eigenvalue weighted by Crippen LogP contribution is 2.17. The summed E-state index contributed by atoms with van der Waals surface area (Å²) in [6, 6.07) is -0.526. The van der Waals surface area contributed by atoms with Crippen LogP contribution in [0.3, 0.4) is 0 Å². The largest absolute Gasteiger partial charge is 0.394 e. The molecular weight excluding hydrogens is 590 g/mol. The zero-order valence-corrected chi connectivity index (χ0v) is 33.0. The van der Waals surface area contributed by atoms with Gasteiger partial charge in [0.1, 0.15) is 0 Å². The quantitative estimate of drug-likeness (QED) is 0.0563. The number of rotatable bonds is 41. The summed E-state index contributed by atoms with van der Waals surface area (Å²) in [6.45, 7) is 4.22. The fraction of sp³-hybridized carbons (Fsp3) is 0.977. The minimum Gasteiger partial charge on any atom is -0.394 e. The molecule has 0 aliphatic heterocycles. The van der Waals surface area contributed by atoms with Crippen molar-refractivity contribution in [1.82, 2.24) is 5.32 Å². The van der Waals surface area contributed by atoms with E-state index < -0.39 is 12.1 Å². The molecule has 288 valence electrons. The van der Waals surface area contributed by atoms with E-state index in [1.54, 1.807) is 0 Å². The smallest absolute Gasteiger partial charge is 0.220 e. The molecule has 4 heteroatoms. The van der Waals surface area contributed by atoms with Crippen LogP contribution in [0.15, 0.2) is 0 Å². The Balaban J connectivity index is 3.24. The number of hydrogen-bond acceptors (Lipinski definition) is 3. The lowest BCUT2D eigenvalue weighted by Crippen LogP contribution is -2.45. The molecule has 0 fully saturated rings. The summed E-state index contributed by atoms with van der Waals surface area (Å²) in [5.74, 6) is -0.0530. The first-order valence-electron chi connectivity index (χ1n) is 22.2. The van der Waals surface area contributed by atoms with Gasteiger partial charge in [-0.2, -0.15) is 0 Å². The van der Waals surface area contributed by atoms with Crippen molar-refractivity contribution in [3.8, 4) is 0 Å². The summed E-state index contributed by atoms with van der Waals surface area (Å²) in [4.78, 5) is 12.0. The Labute approximate surface area is 302 Å². The van der Waals surface area contributed by atoms with Gasteiger partial charge in [0.15, 0.2) is 0 Å². The van der Waals surface area contributed by atoms with E-state index in [0.29, 0.717) is 12.8 Å². The molecule has 0 saturated heterocycles. The molecule has 48 heavy (non-hydrogen) atoms. The molecule has 0 aromatic carbocycles. The van der Waals surface area contributed by atoms with Gasteiger partial charge in [-0.1, -0.05) is 239 Å². The average molecular weight is 680 g/mol. The Hall–Kier alpha value is -0.610. The fourth-order valence-corrected chi connectivity index (χ4v) is 7.19. The highest BCUT2D eigenvalue weighted by atomic mass is 16.3. The molecular formula is C44H89NO3. The van der Waals surface area contributed by atoms with Crippen molar-refractivity contribution >= 4 is 5.91 Å². The first-order chi connectivity index (χ1) is 23.7. The molecule has 0 aromatic rings. The molecule has 0 aromatic heterocycles. The summed E-state index contributed by atoms with van der Waals surface area (Å²) < 4.78 is 0. The Kier molecular flexibility index (Phi) is 40.3. The van der Waals surface area contributed by atoms with Gasteiger partial charge in [-0.3, -0.25) is 4.79 Å². The maximum Gasteiger partial charge on any atom is 0.220 e. The topological polar surface area (TPSA) is 69.6 Å². The van der Waals surface area contributed by atoms with Crippen LogP contribution in [0, 0.1) is 0 Å². The van der Waals surface area contributed by atoms with Crippen LogP contribution >= 0.6 is 0 Å². The maximum atomic E-state index is 12.0. The Bertz CT molecular complexity index is 612. The van der Waals surface area contributed by atoms with Crippen LogP contribution in [0.4, 0.5) is 0 Å². The van der Waals surface area contributed by atoms with E-state index in [4.69, 9.17) is 0 Å². The van der Waals surface area contributed by atoms with Gasteiger partial charge in [0.2, 0.25) is 5.91 Å². The van der Waals surface area contributed by atoms with Crippen LogP contribution in [-0.4, -0.2) is 34.9 Å². The summed E-state index contributed by atoms with van der Waals surface area (Å²) in [6.07, 6.45) is 50.0. The summed E-state index contributed by atoms with van der Waals surface area (Å²) >= 11 is 0. The van der Waals surface area contributed by atoms with Crippen LogP contribution < -0.4 is 5.32 Å². The molecule has 0 spiro atoms. The third kappa shape index (κ3) is 36.7. The summed E-state index contributed by atoms with van der Waals surface area (Å²) in [5.41, 5.74) is 0. The van der Waals surface area contributed by atoms with E-state index in [1.807, 2.05) is 0 Å². The maximum absolute atomic E-state index is 12.0. The standard InChI is InChI=1S/C44H89NO3/c1-3-5-7-8-9-10-11-12-13-14-15-16-17-18-19-20-21-22-23-24-25-26-27-28-29-30-31-32-33-34-35-36-38-39-43(47)42(41-46)45-44(48)40-37-6-4-2/h42-43,46-47H,3-41H2,1-2H3,(H,45,48).